The molecule has 25 heavy (non-hydrogen) atoms. The van der Waals surface area contributed by atoms with Crippen LogP contribution in [0.1, 0.15) is 17.5 Å². The van der Waals surface area contributed by atoms with Crippen molar-refractivity contribution < 1.29 is 22.4 Å². The topological polar surface area (TPSA) is 41.1 Å². The zero-order valence-corrected chi connectivity index (χ0v) is 13.4. The molecule has 0 aliphatic carbocycles. The molecule has 0 aromatic heterocycles. The highest BCUT2D eigenvalue weighted by molar-refractivity contribution is 5.90. The Morgan fingerprint density at radius 3 is 2.40 bits per heavy atom. The predicted octanol–water partition coefficient (Wildman–Crippen LogP) is 4.01. The first-order valence-electron chi connectivity index (χ1n) is 7.77. The van der Waals surface area contributed by atoms with E-state index in [-0.39, 0.29) is 23.8 Å². The molecule has 0 saturated carbocycles. The van der Waals surface area contributed by atoms with E-state index < -0.39 is 11.7 Å². The number of benzene rings is 2. The van der Waals surface area contributed by atoms with E-state index in [1.807, 2.05) is 0 Å². The fraction of sp³-hybridized carbons (Fsp3) is 0.278. The molecule has 0 saturated heterocycles. The highest BCUT2D eigenvalue weighted by Crippen LogP contribution is 2.30. The SMILES string of the molecule is O=C(CCNCCc1ccc(F)cc1)Nc1cccc(C(F)(F)F)c1. The first-order valence-corrected chi connectivity index (χ1v) is 7.77. The number of rotatable bonds is 7. The number of carbonyl (C=O) groups is 1. The Balaban J connectivity index is 1.69. The molecule has 0 aliphatic heterocycles. The number of amides is 1. The molecule has 0 heterocycles. The number of halogens is 4. The lowest BCUT2D eigenvalue weighted by Gasteiger charge is -2.10. The van der Waals surface area contributed by atoms with Gasteiger partial charge in [0.2, 0.25) is 5.91 Å². The second-order valence-electron chi connectivity index (χ2n) is 5.50. The van der Waals surface area contributed by atoms with Crippen molar-refractivity contribution >= 4 is 11.6 Å². The van der Waals surface area contributed by atoms with Gasteiger partial charge in [-0.1, -0.05) is 18.2 Å². The molecular formula is C18H18F4N2O. The third-order valence-corrected chi connectivity index (χ3v) is 3.51. The summed E-state index contributed by atoms with van der Waals surface area (Å²) in [5.74, 6) is -0.656. The smallest absolute Gasteiger partial charge is 0.326 e. The average Bonchev–Trinajstić information content (AvgIpc) is 2.56. The monoisotopic (exact) mass is 354 g/mol. The molecule has 0 atom stereocenters. The third-order valence-electron chi connectivity index (χ3n) is 3.51. The van der Waals surface area contributed by atoms with Gasteiger partial charge in [0.25, 0.3) is 0 Å². The van der Waals surface area contributed by atoms with Crippen LogP contribution in [0.25, 0.3) is 0 Å². The van der Waals surface area contributed by atoms with Gasteiger partial charge in [0.1, 0.15) is 5.82 Å². The van der Waals surface area contributed by atoms with Gasteiger partial charge in [0.05, 0.1) is 5.56 Å². The zero-order valence-electron chi connectivity index (χ0n) is 13.4. The summed E-state index contributed by atoms with van der Waals surface area (Å²) >= 11 is 0. The minimum absolute atomic E-state index is 0.117. The van der Waals surface area contributed by atoms with Gasteiger partial charge in [-0.15, -0.1) is 0 Å². The van der Waals surface area contributed by atoms with Gasteiger partial charge in [-0.2, -0.15) is 13.2 Å². The molecule has 2 rings (SSSR count). The van der Waals surface area contributed by atoms with E-state index in [9.17, 15) is 22.4 Å². The maximum atomic E-state index is 12.8. The van der Waals surface area contributed by atoms with Crippen molar-refractivity contribution in [2.75, 3.05) is 18.4 Å². The van der Waals surface area contributed by atoms with Gasteiger partial charge >= 0.3 is 6.18 Å². The van der Waals surface area contributed by atoms with Crippen molar-refractivity contribution in [3.8, 4) is 0 Å². The molecule has 1 amide bonds. The van der Waals surface area contributed by atoms with Crippen LogP contribution in [-0.4, -0.2) is 19.0 Å². The second-order valence-corrected chi connectivity index (χ2v) is 5.50. The van der Waals surface area contributed by atoms with Crippen LogP contribution in [-0.2, 0) is 17.4 Å². The van der Waals surface area contributed by atoms with Crippen LogP contribution in [0.2, 0.25) is 0 Å². The predicted molar refractivity (Wildman–Crippen MR) is 87.7 cm³/mol. The summed E-state index contributed by atoms with van der Waals surface area (Å²) in [7, 11) is 0. The largest absolute Gasteiger partial charge is 0.416 e. The summed E-state index contributed by atoms with van der Waals surface area (Å²) in [6.07, 6.45) is -3.61. The number of hydrogen-bond acceptors (Lipinski definition) is 2. The van der Waals surface area contributed by atoms with Crippen molar-refractivity contribution in [2.24, 2.45) is 0 Å². The molecule has 0 aliphatic rings. The van der Waals surface area contributed by atoms with Gasteiger partial charge in [0, 0.05) is 18.7 Å². The van der Waals surface area contributed by atoms with E-state index in [4.69, 9.17) is 0 Å². The molecule has 134 valence electrons. The molecule has 0 fully saturated rings. The van der Waals surface area contributed by atoms with Crippen LogP contribution in [0.3, 0.4) is 0 Å². The van der Waals surface area contributed by atoms with E-state index in [1.165, 1.54) is 24.3 Å². The maximum Gasteiger partial charge on any atom is 0.416 e. The van der Waals surface area contributed by atoms with Crippen LogP contribution in [0, 0.1) is 5.82 Å². The molecule has 3 nitrogen and oxygen atoms in total. The second kappa shape index (κ2) is 8.62. The number of hydrogen-bond donors (Lipinski definition) is 2. The first kappa shape index (κ1) is 18.9. The number of anilines is 1. The van der Waals surface area contributed by atoms with Gasteiger partial charge in [0.15, 0.2) is 0 Å². The Labute approximate surface area is 143 Å². The van der Waals surface area contributed by atoms with Crippen LogP contribution in [0.5, 0.6) is 0 Å². The van der Waals surface area contributed by atoms with Crippen molar-refractivity contribution in [1.82, 2.24) is 5.32 Å². The summed E-state index contributed by atoms with van der Waals surface area (Å²) in [6, 6.07) is 10.7. The van der Waals surface area contributed by atoms with Crippen molar-refractivity contribution in [3.05, 3.63) is 65.5 Å². The van der Waals surface area contributed by atoms with Crippen LogP contribution in [0.4, 0.5) is 23.2 Å². The molecule has 0 radical (unpaired) electrons. The van der Waals surface area contributed by atoms with Crippen LogP contribution < -0.4 is 10.6 Å². The lowest BCUT2D eigenvalue weighted by atomic mass is 10.1. The minimum Gasteiger partial charge on any atom is -0.326 e. The number of alkyl halides is 3. The van der Waals surface area contributed by atoms with Gasteiger partial charge in [-0.3, -0.25) is 4.79 Å². The number of carbonyl (C=O) groups excluding carboxylic acids is 1. The van der Waals surface area contributed by atoms with Gasteiger partial charge in [-0.25, -0.2) is 4.39 Å². The Morgan fingerprint density at radius 1 is 1.00 bits per heavy atom. The minimum atomic E-state index is -4.44. The fourth-order valence-electron chi connectivity index (χ4n) is 2.21. The van der Waals surface area contributed by atoms with Gasteiger partial charge in [-0.05, 0) is 48.9 Å². The van der Waals surface area contributed by atoms with Crippen molar-refractivity contribution in [2.45, 2.75) is 19.0 Å². The van der Waals surface area contributed by atoms with Crippen molar-refractivity contribution in [1.29, 1.82) is 0 Å². The van der Waals surface area contributed by atoms with E-state index >= 15 is 0 Å². The third kappa shape index (κ3) is 6.54. The molecular weight excluding hydrogens is 336 g/mol. The quantitative estimate of drug-likeness (QED) is 0.583. The summed E-state index contributed by atoms with van der Waals surface area (Å²) in [6.45, 7) is 1.01. The summed E-state index contributed by atoms with van der Waals surface area (Å²) in [4.78, 5) is 11.8. The Bertz CT molecular complexity index is 699. The van der Waals surface area contributed by atoms with Gasteiger partial charge < -0.3 is 10.6 Å². The molecule has 0 spiro atoms. The summed E-state index contributed by atoms with van der Waals surface area (Å²) in [5.41, 5.74) is 0.288. The van der Waals surface area contributed by atoms with Crippen LogP contribution in [0.15, 0.2) is 48.5 Å². The standard InChI is InChI=1S/C18H18F4N2O/c19-15-6-4-13(5-7-15)8-10-23-11-9-17(25)24-16-3-1-2-14(12-16)18(20,21)22/h1-7,12,23H,8-11H2,(H,24,25). The average molecular weight is 354 g/mol. The Kier molecular flexibility index (Phi) is 6.52. The molecule has 0 bridgehead atoms. The van der Waals surface area contributed by atoms with Crippen molar-refractivity contribution in [3.63, 3.8) is 0 Å². The fourth-order valence-corrected chi connectivity index (χ4v) is 2.21. The lowest BCUT2D eigenvalue weighted by Crippen LogP contribution is -2.23. The normalized spacial score (nSPS) is 11.4. The Hall–Kier alpha value is -2.41. The molecule has 0 unspecified atom stereocenters. The highest BCUT2D eigenvalue weighted by atomic mass is 19.4. The van der Waals surface area contributed by atoms with E-state index in [0.29, 0.717) is 19.5 Å². The zero-order chi connectivity index (χ0) is 18.3. The Morgan fingerprint density at radius 2 is 1.72 bits per heavy atom. The molecule has 2 aromatic rings. The molecule has 2 N–H and O–H groups in total. The lowest BCUT2D eigenvalue weighted by molar-refractivity contribution is -0.137. The van der Waals surface area contributed by atoms with E-state index in [0.717, 1.165) is 17.7 Å². The molecule has 2 aromatic carbocycles. The van der Waals surface area contributed by atoms with Crippen LogP contribution >= 0.6 is 0 Å². The summed E-state index contributed by atoms with van der Waals surface area (Å²) in [5, 5.41) is 5.51. The highest BCUT2D eigenvalue weighted by Gasteiger charge is 2.30. The van der Waals surface area contributed by atoms with E-state index in [2.05, 4.69) is 10.6 Å². The first-order chi connectivity index (χ1) is 11.8. The maximum absolute atomic E-state index is 12.8. The molecule has 7 heteroatoms. The summed E-state index contributed by atoms with van der Waals surface area (Å²) < 4.78 is 50.6. The number of nitrogens with one attached hydrogen (secondary N) is 2. The van der Waals surface area contributed by atoms with E-state index in [1.54, 1.807) is 12.1 Å².